The summed E-state index contributed by atoms with van der Waals surface area (Å²) in [6, 6.07) is 2.30. The normalized spacial score (nSPS) is 16.1. The molecule has 1 aliphatic heterocycles. The van der Waals surface area contributed by atoms with Gasteiger partial charge >= 0.3 is 6.03 Å². The summed E-state index contributed by atoms with van der Waals surface area (Å²) >= 11 is 0. The first-order chi connectivity index (χ1) is 10.5. The van der Waals surface area contributed by atoms with Crippen molar-refractivity contribution in [1.29, 1.82) is 0 Å². The Morgan fingerprint density at radius 1 is 1.14 bits per heavy atom. The first kappa shape index (κ1) is 16.8. The zero-order chi connectivity index (χ0) is 16.1. The summed E-state index contributed by atoms with van der Waals surface area (Å²) in [6.45, 7) is 15.2. The largest absolute Gasteiger partial charge is 0.325 e. The van der Waals surface area contributed by atoms with E-state index in [9.17, 15) is 4.79 Å². The van der Waals surface area contributed by atoms with E-state index >= 15 is 0 Å². The van der Waals surface area contributed by atoms with Crippen LogP contribution in [0.5, 0.6) is 0 Å². The molecule has 1 aromatic rings. The molecule has 1 aromatic heterocycles. The van der Waals surface area contributed by atoms with Crippen LogP contribution in [-0.4, -0.2) is 76.3 Å². The number of nitrogens with zero attached hydrogens (tertiary/aromatic N) is 5. The summed E-state index contributed by atoms with van der Waals surface area (Å²) < 4.78 is 2.07. The Bertz CT molecular complexity index is 487. The molecule has 0 saturated carbocycles. The number of hydrogen-bond donors (Lipinski definition) is 0. The zero-order valence-electron chi connectivity index (χ0n) is 14.4. The molecular weight excluding hydrogens is 278 g/mol. The zero-order valence-corrected chi connectivity index (χ0v) is 14.4. The van der Waals surface area contributed by atoms with E-state index in [1.807, 2.05) is 30.6 Å². The monoisotopic (exact) mass is 307 g/mol. The molecule has 124 valence electrons. The minimum atomic E-state index is 0.184. The fraction of sp³-hybridized carbons (Fsp3) is 0.750. The number of carbonyl (C=O) groups is 1. The molecule has 0 unspecified atom stereocenters. The molecule has 1 saturated heterocycles. The highest BCUT2D eigenvalue weighted by molar-refractivity contribution is 5.74. The van der Waals surface area contributed by atoms with E-state index in [0.717, 1.165) is 58.1 Å². The van der Waals surface area contributed by atoms with Crippen molar-refractivity contribution in [2.24, 2.45) is 0 Å². The predicted molar refractivity (Wildman–Crippen MR) is 88.0 cm³/mol. The summed E-state index contributed by atoms with van der Waals surface area (Å²) in [5.74, 6) is 0. The maximum atomic E-state index is 12.3. The molecule has 0 aromatic carbocycles. The van der Waals surface area contributed by atoms with Crippen molar-refractivity contribution in [3.05, 3.63) is 17.5 Å². The molecular formula is C16H29N5O. The fourth-order valence-corrected chi connectivity index (χ4v) is 2.99. The number of amides is 2. The van der Waals surface area contributed by atoms with Crippen molar-refractivity contribution >= 4 is 6.03 Å². The van der Waals surface area contributed by atoms with Crippen molar-refractivity contribution in [3.8, 4) is 0 Å². The minimum Gasteiger partial charge on any atom is -0.325 e. The average Bonchev–Trinajstić information content (AvgIpc) is 2.84. The van der Waals surface area contributed by atoms with Crippen molar-refractivity contribution in [2.45, 2.75) is 34.2 Å². The number of hydrogen-bond acceptors (Lipinski definition) is 3. The van der Waals surface area contributed by atoms with E-state index < -0.39 is 0 Å². The van der Waals surface area contributed by atoms with E-state index in [-0.39, 0.29) is 6.03 Å². The number of rotatable bonds is 5. The highest BCUT2D eigenvalue weighted by Gasteiger charge is 2.23. The lowest BCUT2D eigenvalue weighted by atomic mass is 10.3. The van der Waals surface area contributed by atoms with E-state index in [1.165, 1.54) is 5.69 Å². The summed E-state index contributed by atoms with van der Waals surface area (Å²) in [5.41, 5.74) is 2.29. The lowest BCUT2D eigenvalue weighted by Gasteiger charge is -2.37. The van der Waals surface area contributed by atoms with Crippen LogP contribution in [0.3, 0.4) is 0 Å². The van der Waals surface area contributed by atoms with Crippen LogP contribution in [0.25, 0.3) is 0 Å². The Morgan fingerprint density at radius 2 is 1.77 bits per heavy atom. The molecule has 2 heterocycles. The second-order valence-corrected chi connectivity index (χ2v) is 5.93. The van der Waals surface area contributed by atoms with Crippen LogP contribution in [0.1, 0.15) is 25.2 Å². The highest BCUT2D eigenvalue weighted by atomic mass is 16.2. The molecule has 0 bridgehead atoms. The van der Waals surface area contributed by atoms with Crippen molar-refractivity contribution in [3.63, 3.8) is 0 Å². The van der Waals surface area contributed by atoms with Gasteiger partial charge in [-0.15, -0.1) is 0 Å². The van der Waals surface area contributed by atoms with Gasteiger partial charge in [-0.2, -0.15) is 5.10 Å². The SMILES string of the molecule is CCN(CC)C(=O)N1CCN(CCn2nc(C)cc2C)CC1. The maximum Gasteiger partial charge on any atom is 0.320 e. The molecule has 0 radical (unpaired) electrons. The van der Waals surface area contributed by atoms with E-state index in [1.54, 1.807) is 0 Å². The Labute approximate surface area is 133 Å². The van der Waals surface area contributed by atoms with Crippen LogP contribution in [0, 0.1) is 13.8 Å². The van der Waals surface area contributed by atoms with Gasteiger partial charge in [0.1, 0.15) is 0 Å². The van der Waals surface area contributed by atoms with Crippen LogP contribution in [-0.2, 0) is 6.54 Å². The minimum absolute atomic E-state index is 0.184. The highest BCUT2D eigenvalue weighted by Crippen LogP contribution is 2.07. The van der Waals surface area contributed by atoms with Crippen LogP contribution in [0.2, 0.25) is 0 Å². The molecule has 22 heavy (non-hydrogen) atoms. The smallest absolute Gasteiger partial charge is 0.320 e. The van der Waals surface area contributed by atoms with E-state index in [4.69, 9.17) is 0 Å². The van der Waals surface area contributed by atoms with Gasteiger partial charge in [0.25, 0.3) is 0 Å². The second kappa shape index (κ2) is 7.63. The topological polar surface area (TPSA) is 44.6 Å². The summed E-state index contributed by atoms with van der Waals surface area (Å²) in [7, 11) is 0. The van der Waals surface area contributed by atoms with Gasteiger partial charge in [0.2, 0.25) is 0 Å². The molecule has 2 amide bonds. The van der Waals surface area contributed by atoms with Gasteiger partial charge in [-0.05, 0) is 33.8 Å². The van der Waals surface area contributed by atoms with Gasteiger partial charge in [0.15, 0.2) is 0 Å². The Hall–Kier alpha value is -1.56. The van der Waals surface area contributed by atoms with Crippen LogP contribution in [0.15, 0.2) is 6.07 Å². The first-order valence-electron chi connectivity index (χ1n) is 8.32. The predicted octanol–water partition coefficient (Wildman–Crippen LogP) is 1.58. The molecule has 0 N–H and O–H groups in total. The molecule has 0 atom stereocenters. The van der Waals surface area contributed by atoms with Crippen molar-refractivity contribution in [2.75, 3.05) is 45.8 Å². The summed E-state index contributed by atoms with van der Waals surface area (Å²) in [6.07, 6.45) is 0. The van der Waals surface area contributed by atoms with Gasteiger partial charge in [-0.3, -0.25) is 9.58 Å². The number of urea groups is 1. The summed E-state index contributed by atoms with van der Waals surface area (Å²) in [5, 5.41) is 4.50. The first-order valence-corrected chi connectivity index (χ1v) is 8.32. The molecule has 1 aliphatic rings. The van der Waals surface area contributed by atoms with Gasteiger partial charge in [0.05, 0.1) is 12.2 Å². The Kier molecular flexibility index (Phi) is 5.83. The van der Waals surface area contributed by atoms with Gasteiger partial charge in [-0.25, -0.2) is 4.79 Å². The van der Waals surface area contributed by atoms with E-state index in [2.05, 4.69) is 27.7 Å². The third-order valence-corrected chi connectivity index (χ3v) is 4.41. The average molecular weight is 307 g/mol. The van der Waals surface area contributed by atoms with E-state index in [0.29, 0.717) is 0 Å². The van der Waals surface area contributed by atoms with Gasteiger partial charge in [0, 0.05) is 51.5 Å². The fourth-order valence-electron chi connectivity index (χ4n) is 2.99. The van der Waals surface area contributed by atoms with Crippen LogP contribution < -0.4 is 0 Å². The molecule has 1 fully saturated rings. The molecule has 6 heteroatoms. The van der Waals surface area contributed by atoms with Gasteiger partial charge < -0.3 is 9.80 Å². The third kappa shape index (κ3) is 4.00. The third-order valence-electron chi connectivity index (χ3n) is 4.41. The quantitative estimate of drug-likeness (QED) is 0.829. The van der Waals surface area contributed by atoms with Crippen LogP contribution >= 0.6 is 0 Å². The van der Waals surface area contributed by atoms with Crippen molar-refractivity contribution in [1.82, 2.24) is 24.5 Å². The summed E-state index contributed by atoms with van der Waals surface area (Å²) in [4.78, 5) is 18.6. The van der Waals surface area contributed by atoms with Crippen LogP contribution in [0.4, 0.5) is 4.79 Å². The number of aromatic nitrogens is 2. The number of aryl methyl sites for hydroxylation is 2. The molecule has 2 rings (SSSR count). The Balaban J connectivity index is 1.77. The molecule has 0 spiro atoms. The lowest BCUT2D eigenvalue weighted by molar-refractivity contribution is 0.113. The lowest BCUT2D eigenvalue weighted by Crippen LogP contribution is -2.53. The Morgan fingerprint density at radius 3 is 2.27 bits per heavy atom. The number of piperazine rings is 1. The molecule has 6 nitrogen and oxygen atoms in total. The standard InChI is InChI=1S/C16H29N5O/c1-5-19(6-2)16(22)20-10-7-18(8-11-20)9-12-21-15(4)13-14(3)17-21/h13H,5-12H2,1-4H3. The number of carbonyl (C=O) groups excluding carboxylic acids is 1. The van der Waals surface area contributed by atoms with Crippen molar-refractivity contribution < 1.29 is 4.79 Å². The molecule has 0 aliphatic carbocycles. The van der Waals surface area contributed by atoms with Gasteiger partial charge in [-0.1, -0.05) is 0 Å². The second-order valence-electron chi connectivity index (χ2n) is 5.93. The maximum absolute atomic E-state index is 12.3.